The Balaban J connectivity index is 1.67. The lowest BCUT2D eigenvalue weighted by molar-refractivity contribution is 0.102. The Labute approximate surface area is 160 Å². The molecule has 1 aromatic heterocycles. The number of carbonyl (C=O) groups excluding carboxylic acids is 1. The monoisotopic (exact) mass is 388 g/mol. The van der Waals surface area contributed by atoms with E-state index in [0.717, 1.165) is 11.4 Å². The van der Waals surface area contributed by atoms with Crippen molar-refractivity contribution in [3.63, 3.8) is 0 Å². The van der Waals surface area contributed by atoms with Crippen LogP contribution in [0.2, 0.25) is 10.0 Å². The number of ether oxygens (including phenoxy) is 1. The maximum absolute atomic E-state index is 12.3. The molecule has 0 aliphatic carbocycles. The number of carbonyl (C=O) groups is 1. The summed E-state index contributed by atoms with van der Waals surface area (Å²) >= 11 is 11.9. The third-order valence-corrected chi connectivity index (χ3v) is 3.99. The quantitative estimate of drug-likeness (QED) is 0.656. The summed E-state index contributed by atoms with van der Waals surface area (Å²) in [5.41, 5.74) is 1.56. The summed E-state index contributed by atoms with van der Waals surface area (Å²) in [6.45, 7) is 0. The number of hydrogen-bond acceptors (Lipinski definition) is 5. The van der Waals surface area contributed by atoms with Crippen LogP contribution in [0.1, 0.15) is 10.4 Å². The van der Waals surface area contributed by atoms with Gasteiger partial charge in [-0.25, -0.2) is 9.97 Å². The molecule has 6 nitrogen and oxygen atoms in total. The molecule has 1 heterocycles. The lowest BCUT2D eigenvalue weighted by atomic mass is 10.2. The molecule has 0 bridgehead atoms. The Morgan fingerprint density at radius 2 is 1.73 bits per heavy atom. The summed E-state index contributed by atoms with van der Waals surface area (Å²) in [7, 11) is 1.60. The van der Waals surface area contributed by atoms with Crippen molar-refractivity contribution in [3.8, 4) is 5.75 Å². The summed E-state index contributed by atoms with van der Waals surface area (Å²) < 4.78 is 5.10. The number of rotatable bonds is 5. The summed E-state index contributed by atoms with van der Waals surface area (Å²) in [5.74, 6) is 0.755. The van der Waals surface area contributed by atoms with E-state index in [1.54, 1.807) is 25.3 Å². The highest BCUT2D eigenvalue weighted by molar-refractivity contribution is 6.36. The fourth-order valence-corrected chi connectivity index (χ4v) is 2.55. The van der Waals surface area contributed by atoms with E-state index in [4.69, 9.17) is 27.9 Å². The Morgan fingerprint density at radius 3 is 2.35 bits per heavy atom. The third-order valence-electron chi connectivity index (χ3n) is 3.44. The van der Waals surface area contributed by atoms with E-state index in [0.29, 0.717) is 27.2 Å². The Morgan fingerprint density at radius 1 is 1.04 bits per heavy atom. The first-order chi connectivity index (χ1) is 12.5. The molecule has 0 aliphatic rings. The van der Waals surface area contributed by atoms with Gasteiger partial charge in [-0.1, -0.05) is 23.2 Å². The van der Waals surface area contributed by atoms with Crippen LogP contribution in [-0.4, -0.2) is 23.0 Å². The van der Waals surface area contributed by atoms with Crippen molar-refractivity contribution in [1.82, 2.24) is 9.97 Å². The fourth-order valence-electron chi connectivity index (χ4n) is 2.10. The molecule has 0 spiro atoms. The lowest BCUT2D eigenvalue weighted by Gasteiger charge is -2.08. The summed E-state index contributed by atoms with van der Waals surface area (Å²) in [6.07, 6.45) is 2.86. The number of hydrogen-bond donors (Lipinski definition) is 2. The molecule has 1 amide bonds. The van der Waals surface area contributed by atoms with E-state index in [-0.39, 0.29) is 5.91 Å². The smallest absolute Gasteiger partial charge is 0.258 e. The minimum atomic E-state index is -0.370. The number of amides is 1. The van der Waals surface area contributed by atoms with Gasteiger partial charge in [-0.05, 0) is 42.5 Å². The van der Waals surface area contributed by atoms with Crippen LogP contribution in [0.4, 0.5) is 17.3 Å². The van der Waals surface area contributed by atoms with Gasteiger partial charge in [0.05, 0.1) is 23.4 Å². The standard InChI is InChI=1S/C18H14Cl2N4O2/c1-26-14-5-3-13(4-6-14)23-18-21-9-11(10-22-18)17(25)24-16-7-2-12(19)8-15(16)20/h2-10H,1H3,(H,24,25)(H,21,22,23). The van der Waals surface area contributed by atoms with Crippen molar-refractivity contribution in [2.45, 2.75) is 0 Å². The number of methoxy groups -OCH3 is 1. The fraction of sp³-hybridized carbons (Fsp3) is 0.0556. The number of benzene rings is 2. The minimum Gasteiger partial charge on any atom is -0.497 e. The predicted molar refractivity (Wildman–Crippen MR) is 103 cm³/mol. The predicted octanol–water partition coefficient (Wildman–Crippen LogP) is 4.79. The molecule has 2 aromatic carbocycles. The van der Waals surface area contributed by atoms with Crippen molar-refractivity contribution in [2.24, 2.45) is 0 Å². The van der Waals surface area contributed by atoms with E-state index in [1.165, 1.54) is 12.4 Å². The average Bonchev–Trinajstić information content (AvgIpc) is 2.65. The Bertz CT molecular complexity index is 915. The molecule has 0 fully saturated rings. The Kier molecular flexibility index (Phi) is 5.55. The maximum atomic E-state index is 12.3. The molecule has 0 saturated heterocycles. The number of anilines is 3. The van der Waals surface area contributed by atoms with Gasteiger partial charge in [0.1, 0.15) is 5.75 Å². The van der Waals surface area contributed by atoms with Gasteiger partial charge in [0, 0.05) is 23.1 Å². The van der Waals surface area contributed by atoms with Gasteiger partial charge in [-0.2, -0.15) is 0 Å². The molecule has 0 aliphatic heterocycles. The molecule has 8 heteroatoms. The van der Waals surface area contributed by atoms with E-state index >= 15 is 0 Å². The molecule has 132 valence electrons. The zero-order chi connectivity index (χ0) is 18.5. The van der Waals surface area contributed by atoms with Gasteiger partial charge in [-0.3, -0.25) is 4.79 Å². The van der Waals surface area contributed by atoms with Gasteiger partial charge in [0.25, 0.3) is 5.91 Å². The molecular weight excluding hydrogens is 375 g/mol. The van der Waals surface area contributed by atoms with Gasteiger partial charge in [-0.15, -0.1) is 0 Å². The highest BCUT2D eigenvalue weighted by Gasteiger charge is 2.10. The normalized spacial score (nSPS) is 10.3. The molecule has 0 atom stereocenters. The van der Waals surface area contributed by atoms with Crippen LogP contribution >= 0.6 is 23.2 Å². The van der Waals surface area contributed by atoms with Gasteiger partial charge in [0.2, 0.25) is 5.95 Å². The average molecular weight is 389 g/mol. The second kappa shape index (κ2) is 8.03. The summed E-state index contributed by atoms with van der Waals surface area (Å²) in [5, 5.41) is 6.58. The van der Waals surface area contributed by atoms with Gasteiger partial charge < -0.3 is 15.4 Å². The van der Waals surface area contributed by atoms with E-state index in [2.05, 4.69) is 20.6 Å². The maximum Gasteiger partial charge on any atom is 0.258 e. The Hall–Kier alpha value is -2.83. The van der Waals surface area contributed by atoms with Crippen LogP contribution in [0.3, 0.4) is 0 Å². The molecule has 26 heavy (non-hydrogen) atoms. The molecule has 0 radical (unpaired) electrons. The van der Waals surface area contributed by atoms with Crippen molar-refractivity contribution >= 4 is 46.4 Å². The molecule has 2 N–H and O–H groups in total. The van der Waals surface area contributed by atoms with Crippen LogP contribution in [0.5, 0.6) is 5.75 Å². The van der Waals surface area contributed by atoms with Gasteiger partial charge >= 0.3 is 0 Å². The third kappa shape index (κ3) is 4.41. The van der Waals surface area contributed by atoms with Gasteiger partial charge in [0.15, 0.2) is 0 Å². The molecule has 0 unspecified atom stereocenters. The first-order valence-corrected chi connectivity index (χ1v) is 8.30. The van der Waals surface area contributed by atoms with Crippen LogP contribution < -0.4 is 15.4 Å². The van der Waals surface area contributed by atoms with Crippen LogP contribution in [0.15, 0.2) is 54.9 Å². The number of nitrogens with zero attached hydrogens (tertiary/aromatic N) is 2. The second-order valence-electron chi connectivity index (χ2n) is 5.23. The topological polar surface area (TPSA) is 76.1 Å². The van der Waals surface area contributed by atoms with E-state index in [1.807, 2.05) is 24.3 Å². The van der Waals surface area contributed by atoms with Crippen molar-refractivity contribution < 1.29 is 9.53 Å². The second-order valence-corrected chi connectivity index (χ2v) is 6.07. The van der Waals surface area contributed by atoms with Crippen LogP contribution in [-0.2, 0) is 0 Å². The minimum absolute atomic E-state index is 0.302. The van der Waals surface area contributed by atoms with Crippen molar-refractivity contribution in [2.75, 3.05) is 17.7 Å². The first kappa shape index (κ1) is 18.0. The SMILES string of the molecule is COc1ccc(Nc2ncc(C(=O)Nc3ccc(Cl)cc3Cl)cn2)cc1. The number of halogens is 2. The summed E-state index contributed by atoms with van der Waals surface area (Å²) in [6, 6.07) is 12.1. The molecular formula is C18H14Cl2N4O2. The molecule has 0 saturated carbocycles. The van der Waals surface area contributed by atoms with Crippen molar-refractivity contribution in [1.29, 1.82) is 0 Å². The van der Waals surface area contributed by atoms with E-state index in [9.17, 15) is 4.79 Å². The highest BCUT2D eigenvalue weighted by atomic mass is 35.5. The lowest BCUT2D eigenvalue weighted by Crippen LogP contribution is -2.13. The van der Waals surface area contributed by atoms with E-state index < -0.39 is 0 Å². The summed E-state index contributed by atoms with van der Waals surface area (Å²) in [4.78, 5) is 20.6. The highest BCUT2D eigenvalue weighted by Crippen LogP contribution is 2.25. The van der Waals surface area contributed by atoms with Crippen molar-refractivity contribution in [3.05, 3.63) is 70.5 Å². The first-order valence-electron chi connectivity index (χ1n) is 7.54. The van der Waals surface area contributed by atoms with Crippen LogP contribution in [0, 0.1) is 0 Å². The molecule has 3 aromatic rings. The van der Waals surface area contributed by atoms with Crippen LogP contribution in [0.25, 0.3) is 0 Å². The zero-order valence-corrected chi connectivity index (χ0v) is 15.2. The number of aromatic nitrogens is 2. The molecule has 3 rings (SSSR count). The largest absolute Gasteiger partial charge is 0.497 e. The zero-order valence-electron chi connectivity index (χ0n) is 13.7. The number of nitrogens with one attached hydrogen (secondary N) is 2.